The van der Waals surface area contributed by atoms with Crippen molar-refractivity contribution >= 4 is 40.9 Å². The van der Waals surface area contributed by atoms with Crippen LogP contribution < -0.4 is 20.3 Å². The van der Waals surface area contributed by atoms with Crippen LogP contribution in [0.5, 0.6) is 5.75 Å². The molecule has 0 radical (unpaired) electrons. The number of amides is 4. The second kappa shape index (κ2) is 20.8. The van der Waals surface area contributed by atoms with Gasteiger partial charge < -0.3 is 35.2 Å². The number of carbonyl (C=O) groups excluding carboxylic acids is 4. The van der Waals surface area contributed by atoms with E-state index in [-0.39, 0.29) is 67.4 Å². The summed E-state index contributed by atoms with van der Waals surface area (Å²) in [4.78, 5) is 63.1. The number of ether oxygens (including phenoxy) is 1. The number of hydrogen-bond donors (Lipinski definition) is 3. The first-order valence-corrected chi connectivity index (χ1v) is 25.0. The van der Waals surface area contributed by atoms with E-state index >= 15 is 0 Å². The summed E-state index contributed by atoms with van der Waals surface area (Å²) in [6, 6.07) is 23.5. The molecule has 1 saturated carbocycles. The zero-order chi connectivity index (χ0) is 51.9. The molecule has 0 aromatic heterocycles. The molecule has 8 rings (SSSR count). The second-order valence-corrected chi connectivity index (χ2v) is 21.6. The molecule has 4 aliphatic rings. The van der Waals surface area contributed by atoms with Crippen molar-refractivity contribution in [3.8, 4) is 11.8 Å². The number of halogens is 4. The highest BCUT2D eigenvalue weighted by atomic mass is 35.5. The van der Waals surface area contributed by atoms with Crippen LogP contribution in [0.25, 0.3) is 0 Å². The van der Waals surface area contributed by atoms with Crippen LogP contribution in [0.3, 0.4) is 0 Å². The summed E-state index contributed by atoms with van der Waals surface area (Å²) in [6.07, 6.45) is -4.22. The molecule has 382 valence electrons. The third-order valence-electron chi connectivity index (χ3n) is 15.1. The SMILES string of the molecule is CC(C)[C@H](C(=O)N1C[C@H](O)C[C@H]1C(=O)NCc1ccc(Cl)cc1)N1Cc2ccc(N3CCN(CCCc4ccc(C(=O)N[C@H]5C(C)(C)[C@H](Oc6ccc(C#N)c(C(F)(F)F)c6)C5(C)C)cc4)CC3)cc2C1=O. The van der Waals surface area contributed by atoms with Gasteiger partial charge in [-0.2, -0.15) is 18.4 Å². The summed E-state index contributed by atoms with van der Waals surface area (Å²) >= 11 is 6.01. The van der Waals surface area contributed by atoms with Crippen molar-refractivity contribution in [2.24, 2.45) is 16.7 Å². The Morgan fingerprint density at radius 3 is 2.22 bits per heavy atom. The van der Waals surface area contributed by atoms with E-state index in [1.54, 1.807) is 23.1 Å². The highest BCUT2D eigenvalue weighted by Crippen LogP contribution is 2.56. The third-order valence-corrected chi connectivity index (χ3v) is 15.3. The molecule has 4 aromatic carbocycles. The van der Waals surface area contributed by atoms with Gasteiger partial charge in [0.1, 0.15) is 23.9 Å². The number of fused-ring (bicyclic) bond motifs is 1. The Hall–Kier alpha value is -6.15. The summed E-state index contributed by atoms with van der Waals surface area (Å²) < 4.78 is 47.0. The molecule has 72 heavy (non-hydrogen) atoms. The first-order chi connectivity index (χ1) is 34.1. The molecular formula is C55H63ClF3N7O6. The van der Waals surface area contributed by atoms with Crippen LogP contribution in [0.1, 0.15) is 103 Å². The van der Waals surface area contributed by atoms with E-state index < -0.39 is 52.4 Å². The van der Waals surface area contributed by atoms with E-state index in [1.165, 1.54) is 11.0 Å². The van der Waals surface area contributed by atoms with Gasteiger partial charge in [-0.25, -0.2) is 0 Å². The number of aryl methyl sites for hydroxylation is 1. The molecule has 4 amide bonds. The van der Waals surface area contributed by atoms with Crippen LogP contribution in [-0.4, -0.2) is 113 Å². The van der Waals surface area contributed by atoms with Crippen molar-refractivity contribution in [3.63, 3.8) is 0 Å². The van der Waals surface area contributed by atoms with Crippen molar-refractivity contribution in [3.05, 3.63) is 129 Å². The molecule has 17 heteroatoms. The fourth-order valence-corrected chi connectivity index (χ4v) is 11.7. The molecule has 3 N–H and O–H groups in total. The van der Waals surface area contributed by atoms with Crippen LogP contribution in [0.4, 0.5) is 18.9 Å². The van der Waals surface area contributed by atoms with Gasteiger partial charge in [0.05, 0.1) is 23.3 Å². The van der Waals surface area contributed by atoms with Gasteiger partial charge in [-0.15, -0.1) is 0 Å². The summed E-state index contributed by atoms with van der Waals surface area (Å²) in [5.74, 6) is -1.43. The lowest BCUT2D eigenvalue weighted by atomic mass is 9.49. The molecule has 3 fully saturated rings. The highest BCUT2D eigenvalue weighted by molar-refractivity contribution is 6.30. The van der Waals surface area contributed by atoms with Gasteiger partial charge in [-0.3, -0.25) is 24.1 Å². The van der Waals surface area contributed by atoms with E-state index in [0.717, 1.165) is 80.1 Å². The average molecular weight is 1010 g/mol. The average Bonchev–Trinajstić information content (AvgIpc) is 3.90. The molecule has 1 aliphatic carbocycles. The van der Waals surface area contributed by atoms with Gasteiger partial charge in [0, 0.05) is 90.9 Å². The molecule has 2 saturated heterocycles. The largest absolute Gasteiger partial charge is 0.489 e. The van der Waals surface area contributed by atoms with Crippen LogP contribution in [0.15, 0.2) is 84.9 Å². The van der Waals surface area contributed by atoms with E-state index in [4.69, 9.17) is 16.3 Å². The van der Waals surface area contributed by atoms with E-state index in [9.17, 15) is 42.7 Å². The van der Waals surface area contributed by atoms with E-state index in [1.807, 2.05) is 96.1 Å². The molecule has 13 nitrogen and oxygen atoms in total. The quantitative estimate of drug-likeness (QED) is 0.108. The zero-order valence-corrected chi connectivity index (χ0v) is 42.3. The number of alkyl halides is 3. The summed E-state index contributed by atoms with van der Waals surface area (Å²) in [5.41, 5.74) is 2.07. The van der Waals surface area contributed by atoms with Crippen LogP contribution >= 0.6 is 11.6 Å². The number of likely N-dealkylation sites (tertiary alicyclic amines) is 1. The van der Waals surface area contributed by atoms with Gasteiger partial charge in [0.25, 0.3) is 11.8 Å². The molecule has 3 aliphatic heterocycles. The Morgan fingerprint density at radius 1 is 0.917 bits per heavy atom. The molecule has 0 unspecified atom stereocenters. The number of rotatable bonds is 15. The molecule has 0 spiro atoms. The summed E-state index contributed by atoms with van der Waals surface area (Å²) in [7, 11) is 0. The fourth-order valence-electron chi connectivity index (χ4n) is 11.5. The number of anilines is 1. The lowest BCUT2D eigenvalue weighted by molar-refractivity contribution is -0.164. The van der Waals surface area contributed by atoms with Crippen LogP contribution in [0, 0.1) is 28.1 Å². The normalized spacial score (nSPS) is 22.0. The summed E-state index contributed by atoms with van der Waals surface area (Å²) in [6.45, 7) is 16.1. The molecule has 3 heterocycles. The minimum atomic E-state index is -4.70. The van der Waals surface area contributed by atoms with Crippen molar-refractivity contribution in [2.45, 2.75) is 110 Å². The van der Waals surface area contributed by atoms with Crippen LogP contribution in [-0.2, 0) is 35.3 Å². The predicted octanol–water partition coefficient (Wildman–Crippen LogP) is 7.86. The van der Waals surface area contributed by atoms with E-state index in [2.05, 4.69) is 20.4 Å². The maximum atomic E-state index is 14.3. The van der Waals surface area contributed by atoms with Crippen LogP contribution in [0.2, 0.25) is 5.02 Å². The van der Waals surface area contributed by atoms with Gasteiger partial charge in [0.15, 0.2) is 0 Å². The number of piperazine rings is 1. The standard InChI is InChI=1S/C55H63ClF3N7O6/c1-33(2)46(50(71)65-32-41(67)27-45(65)48(69)61-30-35-11-17-39(56)18-12-35)66-31-38-15-19-40(26-43(38)49(66)70)64-24-22-63(23-25-64)21-7-8-34-9-13-36(14-10-34)47(68)62-51-53(3,4)52(54(51,5)6)72-42-20-16-37(29-60)44(28-42)55(57,58)59/h9-20,26,28,33,41,45-46,51-52,67H,7-8,21-25,27,30-32H2,1-6H3,(H,61,69)(H,62,68)/t41-,45+,46-,51-,52-/m1/s1. The van der Waals surface area contributed by atoms with Gasteiger partial charge in [-0.1, -0.05) is 83.5 Å². The second-order valence-electron chi connectivity index (χ2n) is 21.2. The number of carbonyl (C=O) groups is 4. The number of hydrogen-bond acceptors (Lipinski definition) is 9. The lowest BCUT2D eigenvalue weighted by Gasteiger charge is -2.63. The number of aliphatic hydroxyl groups is 1. The Kier molecular flexibility index (Phi) is 15.0. The number of β-amino-alcohol motifs (C(OH)–C–C–N with tert-alkyl or cyclic N) is 1. The monoisotopic (exact) mass is 1010 g/mol. The predicted molar refractivity (Wildman–Crippen MR) is 267 cm³/mol. The topological polar surface area (TPSA) is 159 Å². The lowest BCUT2D eigenvalue weighted by Crippen LogP contribution is -2.74. The highest BCUT2D eigenvalue weighted by Gasteiger charge is 2.64. The Bertz CT molecular complexity index is 2700. The van der Waals surface area contributed by atoms with Crippen molar-refractivity contribution < 1.29 is 42.2 Å². The Morgan fingerprint density at radius 2 is 1.58 bits per heavy atom. The Labute approximate surface area is 424 Å². The number of nitrogens with zero attached hydrogens (tertiary/aromatic N) is 5. The van der Waals surface area contributed by atoms with Crippen molar-refractivity contribution in [1.82, 2.24) is 25.3 Å². The summed E-state index contributed by atoms with van der Waals surface area (Å²) in [5, 5.41) is 26.5. The molecule has 3 atom stereocenters. The number of nitriles is 1. The number of nitrogens with one attached hydrogen (secondary N) is 2. The molecule has 4 aromatic rings. The molecular weight excluding hydrogens is 947 g/mol. The fraction of sp³-hybridized carbons (Fsp3) is 0.473. The maximum absolute atomic E-state index is 14.3. The zero-order valence-electron chi connectivity index (χ0n) is 41.6. The molecule has 0 bridgehead atoms. The number of benzene rings is 4. The van der Waals surface area contributed by atoms with Crippen molar-refractivity contribution in [1.29, 1.82) is 5.26 Å². The maximum Gasteiger partial charge on any atom is 0.417 e. The van der Waals surface area contributed by atoms with Gasteiger partial charge in [0.2, 0.25) is 11.8 Å². The minimum absolute atomic E-state index is 0.00840. The minimum Gasteiger partial charge on any atom is -0.489 e. The smallest absolute Gasteiger partial charge is 0.417 e. The van der Waals surface area contributed by atoms with Gasteiger partial charge in [-0.05, 0) is 96.6 Å². The Balaban J connectivity index is 0.795. The first kappa shape index (κ1) is 52.2. The number of aliphatic hydroxyl groups excluding tert-OH is 1. The first-order valence-electron chi connectivity index (χ1n) is 24.7. The van der Waals surface area contributed by atoms with Crippen molar-refractivity contribution in [2.75, 3.05) is 44.2 Å². The van der Waals surface area contributed by atoms with E-state index in [0.29, 0.717) is 16.1 Å². The third kappa shape index (κ3) is 10.8. The van der Waals surface area contributed by atoms with Gasteiger partial charge >= 0.3 is 6.18 Å².